The maximum atomic E-state index is 11.5. The van der Waals surface area contributed by atoms with Crippen LogP contribution in [0.4, 0.5) is 5.69 Å². The molecule has 2 N–H and O–H groups in total. The molecule has 4 rings (SSSR count). The Balaban J connectivity index is 0.00000144. The van der Waals surface area contributed by atoms with Gasteiger partial charge in [0, 0.05) is 16.5 Å². The summed E-state index contributed by atoms with van der Waals surface area (Å²) >= 11 is 0. The fraction of sp³-hybridized carbons (Fsp3) is 0. The maximum Gasteiger partial charge on any atom is 1.00 e. The molecule has 0 fully saturated rings. The number of nitrogen functional groups attached to an aromatic ring is 1. The van der Waals surface area contributed by atoms with E-state index in [-0.39, 0.29) is 34.5 Å². The molecule has 0 aliphatic rings. The number of benzene rings is 4. The number of anilines is 1. The Morgan fingerprint density at radius 3 is 1.91 bits per heavy atom. The second kappa shape index (κ2) is 5.08. The first kappa shape index (κ1) is 15.5. The van der Waals surface area contributed by atoms with Crippen LogP contribution in [0.15, 0.2) is 53.4 Å². The molecule has 6 heteroatoms. The molecule has 104 valence electrons. The fourth-order valence-corrected chi connectivity index (χ4v) is 3.69. The Bertz CT molecular complexity index is 1120. The van der Waals surface area contributed by atoms with Crippen molar-refractivity contribution in [1.29, 1.82) is 0 Å². The molecule has 0 saturated heterocycles. The van der Waals surface area contributed by atoms with E-state index in [0.29, 0.717) is 11.1 Å². The van der Waals surface area contributed by atoms with E-state index in [9.17, 15) is 13.0 Å². The fourth-order valence-electron chi connectivity index (χ4n) is 3.01. The van der Waals surface area contributed by atoms with Crippen molar-refractivity contribution in [3.05, 3.63) is 48.5 Å². The van der Waals surface area contributed by atoms with Crippen molar-refractivity contribution >= 4 is 48.1 Å². The molecule has 0 bridgehead atoms. The van der Waals surface area contributed by atoms with Crippen molar-refractivity contribution < 1.29 is 42.5 Å². The topological polar surface area (TPSA) is 83.2 Å². The summed E-state index contributed by atoms with van der Waals surface area (Å²) < 4.78 is 34.4. The third-order valence-electron chi connectivity index (χ3n) is 3.93. The van der Waals surface area contributed by atoms with Gasteiger partial charge in [0.1, 0.15) is 10.1 Å². The SMILES string of the molecule is Nc1ccc2ccc3c(S(=O)(=O)[O-])ccc4ccc1c2c43.[Na+]. The van der Waals surface area contributed by atoms with Crippen LogP contribution in [-0.2, 0) is 10.1 Å². The van der Waals surface area contributed by atoms with Gasteiger partial charge >= 0.3 is 29.6 Å². The van der Waals surface area contributed by atoms with Crippen LogP contribution >= 0.6 is 0 Å². The summed E-state index contributed by atoms with van der Waals surface area (Å²) in [5.74, 6) is 0. The minimum absolute atomic E-state index is 0. The van der Waals surface area contributed by atoms with Crippen LogP contribution < -0.4 is 35.3 Å². The summed E-state index contributed by atoms with van der Waals surface area (Å²) in [6, 6.07) is 14.1. The Kier molecular flexibility index (Phi) is 3.58. The molecule has 0 aliphatic carbocycles. The number of nitrogens with two attached hydrogens (primary N) is 1. The Morgan fingerprint density at radius 2 is 1.27 bits per heavy atom. The molecular formula is C16H10NNaO3S. The van der Waals surface area contributed by atoms with Crippen molar-refractivity contribution in [3.8, 4) is 0 Å². The zero-order valence-electron chi connectivity index (χ0n) is 11.8. The molecular weight excluding hydrogens is 309 g/mol. The van der Waals surface area contributed by atoms with Gasteiger partial charge in [-0.15, -0.1) is 0 Å². The summed E-state index contributed by atoms with van der Waals surface area (Å²) in [7, 11) is -4.52. The summed E-state index contributed by atoms with van der Waals surface area (Å²) in [6.45, 7) is 0. The molecule has 4 aromatic carbocycles. The predicted octanol–water partition coefficient (Wildman–Crippen LogP) is 0.0743. The molecule has 0 atom stereocenters. The van der Waals surface area contributed by atoms with Crippen molar-refractivity contribution in [2.75, 3.05) is 5.73 Å². The first-order valence-electron chi connectivity index (χ1n) is 6.39. The van der Waals surface area contributed by atoms with Crippen LogP contribution in [0.25, 0.3) is 32.3 Å². The Hall–Kier alpha value is -1.37. The van der Waals surface area contributed by atoms with Gasteiger partial charge in [-0.25, -0.2) is 8.42 Å². The molecule has 4 aromatic rings. The Morgan fingerprint density at radius 1 is 0.773 bits per heavy atom. The van der Waals surface area contributed by atoms with E-state index >= 15 is 0 Å². The first-order valence-corrected chi connectivity index (χ1v) is 7.79. The smallest absolute Gasteiger partial charge is 0.744 e. The number of hydrogen-bond acceptors (Lipinski definition) is 4. The van der Waals surface area contributed by atoms with Gasteiger partial charge in [0.15, 0.2) is 0 Å². The van der Waals surface area contributed by atoms with E-state index in [2.05, 4.69) is 0 Å². The first-order chi connectivity index (χ1) is 9.97. The van der Waals surface area contributed by atoms with E-state index in [1.54, 1.807) is 12.1 Å². The number of rotatable bonds is 1. The van der Waals surface area contributed by atoms with Crippen LogP contribution in [0.3, 0.4) is 0 Å². The molecule has 0 unspecified atom stereocenters. The van der Waals surface area contributed by atoms with E-state index in [4.69, 9.17) is 5.73 Å². The van der Waals surface area contributed by atoms with E-state index in [1.165, 1.54) is 6.07 Å². The minimum atomic E-state index is -4.52. The van der Waals surface area contributed by atoms with Crippen LogP contribution in [0.1, 0.15) is 0 Å². The third kappa shape index (κ3) is 2.09. The molecule has 0 aromatic heterocycles. The van der Waals surface area contributed by atoms with Crippen LogP contribution in [0.2, 0.25) is 0 Å². The Labute approximate surface area is 149 Å². The maximum absolute atomic E-state index is 11.5. The molecule has 0 amide bonds. The molecule has 4 nitrogen and oxygen atoms in total. The minimum Gasteiger partial charge on any atom is -0.744 e. The van der Waals surface area contributed by atoms with Crippen LogP contribution in [0.5, 0.6) is 0 Å². The van der Waals surface area contributed by atoms with E-state index < -0.39 is 10.1 Å². The van der Waals surface area contributed by atoms with Crippen LogP contribution in [0, 0.1) is 0 Å². The van der Waals surface area contributed by atoms with Gasteiger partial charge in [0.25, 0.3) is 0 Å². The van der Waals surface area contributed by atoms with Crippen molar-refractivity contribution in [3.63, 3.8) is 0 Å². The average Bonchev–Trinajstić information content (AvgIpc) is 2.45. The zero-order valence-corrected chi connectivity index (χ0v) is 14.6. The quantitative estimate of drug-likeness (QED) is 0.233. The summed E-state index contributed by atoms with van der Waals surface area (Å²) in [5, 5.41) is 4.85. The van der Waals surface area contributed by atoms with Crippen LogP contribution in [-0.4, -0.2) is 13.0 Å². The normalized spacial score (nSPS) is 12.0. The van der Waals surface area contributed by atoms with Gasteiger partial charge in [0.05, 0.1) is 4.90 Å². The second-order valence-corrected chi connectivity index (χ2v) is 6.44. The van der Waals surface area contributed by atoms with Crippen molar-refractivity contribution in [1.82, 2.24) is 0 Å². The standard InChI is InChI=1S/C16H11NO3S.Na/c17-13-7-3-9-2-6-12-14(21(18,19)20)8-4-10-1-5-11(13)15(9)16(10)12;/h1-8H,17H2,(H,18,19,20);/q;+1/p-1. The molecule has 0 saturated carbocycles. The van der Waals surface area contributed by atoms with Gasteiger partial charge in [-0.2, -0.15) is 0 Å². The monoisotopic (exact) mass is 319 g/mol. The zero-order chi connectivity index (χ0) is 14.8. The summed E-state index contributed by atoms with van der Waals surface area (Å²) in [6.07, 6.45) is 0. The predicted molar refractivity (Wildman–Crippen MR) is 82.5 cm³/mol. The third-order valence-corrected chi connectivity index (χ3v) is 4.82. The van der Waals surface area contributed by atoms with Gasteiger partial charge in [-0.05, 0) is 33.7 Å². The number of hydrogen-bond donors (Lipinski definition) is 1. The summed E-state index contributed by atoms with van der Waals surface area (Å²) in [5.41, 5.74) is 6.64. The molecule has 0 radical (unpaired) electrons. The van der Waals surface area contributed by atoms with E-state index in [1.807, 2.05) is 30.3 Å². The van der Waals surface area contributed by atoms with Gasteiger partial charge in [-0.1, -0.05) is 36.4 Å². The van der Waals surface area contributed by atoms with Crippen molar-refractivity contribution in [2.24, 2.45) is 0 Å². The van der Waals surface area contributed by atoms with Gasteiger partial charge in [0.2, 0.25) is 0 Å². The molecule has 0 aliphatic heterocycles. The second-order valence-electron chi connectivity index (χ2n) is 5.10. The van der Waals surface area contributed by atoms with Crippen molar-refractivity contribution in [2.45, 2.75) is 4.90 Å². The molecule has 0 heterocycles. The largest absolute Gasteiger partial charge is 1.00 e. The molecule has 0 spiro atoms. The average molecular weight is 319 g/mol. The van der Waals surface area contributed by atoms with Gasteiger partial charge in [-0.3, -0.25) is 0 Å². The van der Waals surface area contributed by atoms with Gasteiger partial charge < -0.3 is 10.3 Å². The van der Waals surface area contributed by atoms with E-state index in [0.717, 1.165) is 26.9 Å². The molecule has 22 heavy (non-hydrogen) atoms. The summed E-state index contributed by atoms with van der Waals surface area (Å²) in [4.78, 5) is -0.188.